The van der Waals surface area contributed by atoms with Crippen LogP contribution in [-0.2, 0) is 35.5 Å². The topological polar surface area (TPSA) is 101 Å². The highest BCUT2D eigenvalue weighted by Gasteiger charge is 2.35. The Morgan fingerprint density at radius 3 is 2.67 bits per heavy atom. The van der Waals surface area contributed by atoms with E-state index in [1.807, 2.05) is 0 Å². The first-order valence-corrected chi connectivity index (χ1v) is 12.1. The average molecular weight is 502 g/mol. The monoisotopic (exact) mass is 501 g/mol. The molecule has 1 aliphatic rings. The van der Waals surface area contributed by atoms with Gasteiger partial charge in [0.1, 0.15) is 5.02 Å². The zero-order valence-electron chi connectivity index (χ0n) is 17.6. The van der Waals surface area contributed by atoms with E-state index in [9.17, 15) is 26.4 Å². The third-order valence-corrected chi connectivity index (χ3v) is 6.85. The standard InChI is InChI=1S/C20H19ClF3N5O3S/c1-11-3-4-12(14(7-11)20(22,23)24)9-29-15-5-6-28(16-8-25-26-18(30)17(16)21)10-13(15)19(27-29)33(2,31)32/h3-4,7-8H,5-6,9-10H2,1-2H3,(H,26,30). The number of alkyl halides is 3. The smallest absolute Gasteiger partial charge is 0.364 e. The summed E-state index contributed by atoms with van der Waals surface area (Å²) >= 11 is 6.10. The number of hydrogen-bond acceptors (Lipinski definition) is 6. The van der Waals surface area contributed by atoms with Crippen LogP contribution in [0.3, 0.4) is 0 Å². The van der Waals surface area contributed by atoms with Gasteiger partial charge in [-0.2, -0.15) is 23.4 Å². The van der Waals surface area contributed by atoms with Gasteiger partial charge in [0.2, 0.25) is 0 Å². The molecule has 0 saturated carbocycles. The van der Waals surface area contributed by atoms with E-state index in [-0.39, 0.29) is 35.1 Å². The molecule has 1 aromatic carbocycles. The summed E-state index contributed by atoms with van der Waals surface area (Å²) in [5.74, 6) is 0. The molecule has 0 saturated heterocycles. The molecule has 4 rings (SSSR count). The molecule has 8 nitrogen and oxygen atoms in total. The second-order valence-electron chi connectivity index (χ2n) is 7.89. The molecule has 3 heterocycles. The van der Waals surface area contributed by atoms with E-state index < -0.39 is 27.1 Å². The van der Waals surface area contributed by atoms with E-state index in [2.05, 4.69) is 15.3 Å². The van der Waals surface area contributed by atoms with E-state index in [4.69, 9.17) is 11.6 Å². The molecule has 1 N–H and O–H groups in total. The first-order chi connectivity index (χ1) is 15.4. The maximum Gasteiger partial charge on any atom is 0.416 e. The quantitative estimate of drug-likeness (QED) is 0.590. The number of aromatic nitrogens is 4. The van der Waals surface area contributed by atoms with Gasteiger partial charge in [0.25, 0.3) is 5.56 Å². The number of fused-ring (bicyclic) bond motifs is 1. The molecule has 0 radical (unpaired) electrons. The van der Waals surface area contributed by atoms with Crippen molar-refractivity contribution in [2.45, 2.75) is 37.6 Å². The summed E-state index contributed by atoms with van der Waals surface area (Å²) in [5.41, 5.74) is 0.294. The van der Waals surface area contributed by atoms with Gasteiger partial charge in [-0.25, -0.2) is 13.5 Å². The van der Waals surface area contributed by atoms with Crippen molar-refractivity contribution in [2.24, 2.45) is 0 Å². The summed E-state index contributed by atoms with van der Waals surface area (Å²) in [4.78, 5) is 13.5. The minimum atomic E-state index is -4.56. The van der Waals surface area contributed by atoms with Crippen LogP contribution in [0, 0.1) is 6.92 Å². The molecule has 0 aliphatic carbocycles. The molecule has 0 fully saturated rings. The van der Waals surface area contributed by atoms with Crippen molar-refractivity contribution in [3.05, 3.63) is 67.7 Å². The fourth-order valence-electron chi connectivity index (χ4n) is 3.94. The number of anilines is 1. The Morgan fingerprint density at radius 2 is 2.00 bits per heavy atom. The highest BCUT2D eigenvalue weighted by atomic mass is 35.5. The number of nitrogens with zero attached hydrogens (tertiary/aromatic N) is 4. The Bertz CT molecular complexity index is 1400. The second kappa shape index (κ2) is 8.17. The van der Waals surface area contributed by atoms with Gasteiger partial charge >= 0.3 is 6.18 Å². The fraction of sp³-hybridized carbons (Fsp3) is 0.350. The average Bonchev–Trinajstić information content (AvgIpc) is 3.09. The molecule has 13 heteroatoms. The van der Waals surface area contributed by atoms with Crippen molar-refractivity contribution < 1.29 is 21.6 Å². The highest BCUT2D eigenvalue weighted by molar-refractivity contribution is 7.90. The van der Waals surface area contributed by atoms with E-state index in [1.54, 1.807) is 17.9 Å². The zero-order valence-corrected chi connectivity index (χ0v) is 19.1. The van der Waals surface area contributed by atoms with Gasteiger partial charge in [0, 0.05) is 37.0 Å². The molecular weight excluding hydrogens is 483 g/mol. The first kappa shape index (κ1) is 23.3. The lowest BCUT2D eigenvalue weighted by atomic mass is 10.0. The number of aryl methyl sites for hydroxylation is 1. The molecule has 2 aromatic heterocycles. The van der Waals surface area contributed by atoms with Crippen molar-refractivity contribution in [3.63, 3.8) is 0 Å². The Balaban J connectivity index is 1.79. The lowest BCUT2D eigenvalue weighted by Crippen LogP contribution is -2.33. The van der Waals surface area contributed by atoms with Crippen LogP contribution in [0.5, 0.6) is 0 Å². The minimum Gasteiger partial charge on any atom is -0.364 e. The summed E-state index contributed by atoms with van der Waals surface area (Å²) < 4.78 is 67.0. The van der Waals surface area contributed by atoms with Crippen LogP contribution in [-0.4, -0.2) is 41.2 Å². The third kappa shape index (κ3) is 4.49. The van der Waals surface area contributed by atoms with Crippen molar-refractivity contribution in [2.75, 3.05) is 17.7 Å². The molecule has 176 valence electrons. The Kier molecular flexibility index (Phi) is 5.77. The van der Waals surface area contributed by atoms with Gasteiger partial charge in [-0.3, -0.25) is 9.48 Å². The number of benzene rings is 1. The molecular formula is C20H19ClF3N5O3S. The fourth-order valence-corrected chi connectivity index (χ4v) is 5.03. The molecule has 0 bridgehead atoms. The molecule has 0 unspecified atom stereocenters. The highest BCUT2D eigenvalue weighted by Crippen LogP contribution is 2.35. The predicted molar refractivity (Wildman–Crippen MR) is 115 cm³/mol. The van der Waals surface area contributed by atoms with Crippen molar-refractivity contribution in [1.82, 2.24) is 20.0 Å². The van der Waals surface area contributed by atoms with Gasteiger partial charge in [-0.15, -0.1) is 0 Å². The second-order valence-corrected chi connectivity index (χ2v) is 10.2. The number of H-pyrrole nitrogens is 1. The predicted octanol–water partition coefficient (Wildman–Crippen LogP) is 2.96. The Hall–Kier alpha value is -2.86. The van der Waals surface area contributed by atoms with Gasteiger partial charge in [-0.1, -0.05) is 29.3 Å². The number of halogens is 4. The van der Waals surface area contributed by atoms with Crippen molar-refractivity contribution in [1.29, 1.82) is 0 Å². The van der Waals surface area contributed by atoms with Gasteiger partial charge in [0.15, 0.2) is 14.9 Å². The molecule has 0 amide bonds. The maximum atomic E-state index is 13.6. The van der Waals surface area contributed by atoms with Crippen LogP contribution in [0.25, 0.3) is 0 Å². The minimum absolute atomic E-state index is 0.0114. The normalized spacial score (nSPS) is 14.4. The van der Waals surface area contributed by atoms with Gasteiger partial charge in [0.05, 0.1) is 24.0 Å². The number of aromatic amines is 1. The van der Waals surface area contributed by atoms with Crippen LogP contribution in [0.15, 0.2) is 34.2 Å². The summed E-state index contributed by atoms with van der Waals surface area (Å²) in [5, 5.41) is 9.85. The van der Waals surface area contributed by atoms with Crippen LogP contribution in [0.4, 0.5) is 18.9 Å². The van der Waals surface area contributed by atoms with Crippen LogP contribution in [0.2, 0.25) is 5.02 Å². The van der Waals surface area contributed by atoms with Crippen molar-refractivity contribution >= 4 is 27.1 Å². The Labute approximate surface area is 191 Å². The lowest BCUT2D eigenvalue weighted by molar-refractivity contribution is -0.138. The SMILES string of the molecule is Cc1ccc(Cn2nc(S(C)(=O)=O)c3c2CCN(c2cn[nH]c(=O)c2Cl)C3)c(C(F)(F)F)c1. The lowest BCUT2D eigenvalue weighted by Gasteiger charge is -2.29. The van der Waals surface area contributed by atoms with E-state index >= 15 is 0 Å². The maximum absolute atomic E-state index is 13.6. The van der Waals surface area contributed by atoms with Crippen LogP contribution in [0.1, 0.15) is 27.9 Å². The van der Waals surface area contributed by atoms with E-state index in [0.29, 0.717) is 29.1 Å². The molecule has 33 heavy (non-hydrogen) atoms. The summed E-state index contributed by atoms with van der Waals surface area (Å²) in [6.45, 7) is 1.73. The summed E-state index contributed by atoms with van der Waals surface area (Å²) in [7, 11) is -3.78. The van der Waals surface area contributed by atoms with Crippen LogP contribution >= 0.6 is 11.6 Å². The zero-order chi connectivity index (χ0) is 24.1. The van der Waals surface area contributed by atoms with Crippen LogP contribution < -0.4 is 10.5 Å². The molecule has 1 aliphatic heterocycles. The number of sulfone groups is 1. The molecule has 0 spiro atoms. The number of hydrogen-bond donors (Lipinski definition) is 1. The Morgan fingerprint density at radius 1 is 1.27 bits per heavy atom. The third-order valence-electron chi connectivity index (χ3n) is 5.46. The van der Waals surface area contributed by atoms with Crippen molar-refractivity contribution in [3.8, 4) is 0 Å². The number of rotatable bonds is 4. The van der Waals surface area contributed by atoms with E-state index in [0.717, 1.165) is 12.3 Å². The first-order valence-electron chi connectivity index (χ1n) is 9.79. The largest absolute Gasteiger partial charge is 0.416 e. The summed E-state index contributed by atoms with van der Waals surface area (Å²) in [6.07, 6.45) is -1.92. The van der Waals surface area contributed by atoms with Gasteiger partial charge in [-0.05, 0) is 18.6 Å². The number of nitrogens with one attached hydrogen (secondary N) is 1. The summed E-state index contributed by atoms with van der Waals surface area (Å²) in [6, 6.07) is 4.01. The van der Waals surface area contributed by atoms with Gasteiger partial charge < -0.3 is 4.90 Å². The molecule has 0 atom stereocenters. The van der Waals surface area contributed by atoms with E-state index in [1.165, 1.54) is 16.9 Å². The molecule has 3 aromatic rings.